The number of thiazole rings is 1. The molecule has 0 saturated heterocycles. The third-order valence-corrected chi connectivity index (χ3v) is 6.78. The zero-order valence-electron chi connectivity index (χ0n) is 16.8. The SMILES string of the molecule is O=C(CSc1nc2ccc(N=Cc3cc(Cl)ccc3O)cc2s1)Nc1ccc([N+](=O)[O-])cc1. The molecule has 33 heavy (non-hydrogen) atoms. The number of fused-ring (bicyclic) bond motifs is 1. The second kappa shape index (κ2) is 9.99. The lowest BCUT2D eigenvalue weighted by molar-refractivity contribution is -0.384. The summed E-state index contributed by atoms with van der Waals surface area (Å²) in [6, 6.07) is 15.9. The summed E-state index contributed by atoms with van der Waals surface area (Å²) in [4.78, 5) is 31.3. The van der Waals surface area contributed by atoms with Gasteiger partial charge in [-0.05, 0) is 48.5 Å². The number of nitro groups is 1. The summed E-state index contributed by atoms with van der Waals surface area (Å²) >= 11 is 8.71. The lowest BCUT2D eigenvalue weighted by Gasteiger charge is -2.03. The predicted octanol–water partition coefficient (Wildman–Crippen LogP) is 6.04. The Morgan fingerprint density at radius 3 is 2.76 bits per heavy atom. The Morgan fingerprint density at radius 2 is 2.00 bits per heavy atom. The predicted molar refractivity (Wildman–Crippen MR) is 132 cm³/mol. The van der Waals surface area contributed by atoms with Crippen LogP contribution in [-0.4, -0.2) is 32.9 Å². The summed E-state index contributed by atoms with van der Waals surface area (Å²) in [5.41, 5.74) is 2.46. The van der Waals surface area contributed by atoms with E-state index in [0.29, 0.717) is 22.0 Å². The Hall–Kier alpha value is -3.47. The van der Waals surface area contributed by atoms with Gasteiger partial charge in [-0.2, -0.15) is 0 Å². The molecule has 166 valence electrons. The molecule has 2 N–H and O–H groups in total. The smallest absolute Gasteiger partial charge is 0.269 e. The minimum Gasteiger partial charge on any atom is -0.507 e. The minimum absolute atomic E-state index is 0.0371. The van der Waals surface area contributed by atoms with Crippen LogP contribution in [0.4, 0.5) is 17.1 Å². The second-order valence-corrected chi connectivity index (χ2v) is 9.42. The van der Waals surface area contributed by atoms with Crippen LogP contribution in [0.5, 0.6) is 5.75 Å². The minimum atomic E-state index is -0.494. The van der Waals surface area contributed by atoms with E-state index in [4.69, 9.17) is 11.6 Å². The summed E-state index contributed by atoms with van der Waals surface area (Å²) in [5, 5.41) is 23.8. The number of aliphatic imine (C=N–C) groups is 1. The first-order valence-corrected chi connectivity index (χ1v) is 11.7. The molecule has 0 radical (unpaired) electrons. The van der Waals surface area contributed by atoms with Crippen LogP contribution >= 0.6 is 34.7 Å². The molecule has 3 aromatic carbocycles. The number of non-ortho nitro benzene ring substituents is 1. The molecule has 1 heterocycles. The number of anilines is 1. The zero-order valence-corrected chi connectivity index (χ0v) is 19.2. The van der Waals surface area contributed by atoms with Gasteiger partial charge in [-0.3, -0.25) is 19.9 Å². The van der Waals surface area contributed by atoms with Crippen molar-refractivity contribution in [2.24, 2.45) is 4.99 Å². The topological polar surface area (TPSA) is 118 Å². The maximum Gasteiger partial charge on any atom is 0.269 e. The molecule has 1 aromatic heterocycles. The zero-order chi connectivity index (χ0) is 23.4. The number of nitrogens with zero attached hydrogens (tertiary/aromatic N) is 3. The molecule has 0 aliphatic heterocycles. The van der Waals surface area contributed by atoms with Gasteiger partial charge in [0.25, 0.3) is 5.69 Å². The molecule has 0 unspecified atom stereocenters. The van der Waals surface area contributed by atoms with Gasteiger partial charge in [0.05, 0.1) is 26.6 Å². The van der Waals surface area contributed by atoms with Crippen molar-refractivity contribution in [2.45, 2.75) is 4.34 Å². The molecular weight excluding hydrogens is 484 g/mol. The van der Waals surface area contributed by atoms with Gasteiger partial charge in [-0.15, -0.1) is 11.3 Å². The highest BCUT2D eigenvalue weighted by molar-refractivity contribution is 8.01. The Kier molecular flexibility index (Phi) is 6.87. The van der Waals surface area contributed by atoms with E-state index in [9.17, 15) is 20.0 Å². The highest BCUT2D eigenvalue weighted by Gasteiger charge is 2.10. The molecule has 0 spiro atoms. The van der Waals surface area contributed by atoms with Crippen molar-refractivity contribution >= 4 is 74.1 Å². The quantitative estimate of drug-likeness (QED) is 0.139. The van der Waals surface area contributed by atoms with E-state index in [0.717, 1.165) is 14.6 Å². The summed E-state index contributed by atoms with van der Waals surface area (Å²) in [6.07, 6.45) is 1.54. The normalized spacial score (nSPS) is 11.2. The Labute approximate surface area is 201 Å². The molecule has 0 saturated carbocycles. The van der Waals surface area contributed by atoms with E-state index < -0.39 is 4.92 Å². The van der Waals surface area contributed by atoms with Crippen LogP contribution in [0.1, 0.15) is 5.56 Å². The van der Waals surface area contributed by atoms with Crippen molar-refractivity contribution < 1.29 is 14.8 Å². The molecule has 0 fully saturated rings. The standard InChI is InChI=1S/C22H15ClN4O4S2/c23-14-1-8-19(28)13(9-14)11-24-16-4-7-18-20(10-16)33-22(26-18)32-12-21(29)25-15-2-5-17(6-3-15)27(30)31/h1-11,28H,12H2,(H,25,29). The van der Waals surface area contributed by atoms with Crippen molar-refractivity contribution in [3.63, 3.8) is 0 Å². The van der Waals surface area contributed by atoms with Crippen LogP contribution in [0.15, 0.2) is 70.0 Å². The van der Waals surface area contributed by atoms with E-state index in [1.807, 2.05) is 18.2 Å². The summed E-state index contributed by atoms with van der Waals surface area (Å²) < 4.78 is 1.65. The summed E-state index contributed by atoms with van der Waals surface area (Å²) in [5.74, 6) is 0.00278. The van der Waals surface area contributed by atoms with Crippen molar-refractivity contribution in [3.8, 4) is 5.75 Å². The van der Waals surface area contributed by atoms with E-state index in [1.165, 1.54) is 53.4 Å². The molecule has 0 bridgehead atoms. The van der Waals surface area contributed by atoms with E-state index in [1.54, 1.807) is 18.3 Å². The molecule has 1 amide bonds. The van der Waals surface area contributed by atoms with Crippen LogP contribution in [0.3, 0.4) is 0 Å². The van der Waals surface area contributed by atoms with E-state index >= 15 is 0 Å². The number of carbonyl (C=O) groups is 1. The van der Waals surface area contributed by atoms with Crippen LogP contribution < -0.4 is 5.32 Å². The lowest BCUT2D eigenvalue weighted by Crippen LogP contribution is -2.13. The number of rotatable bonds is 7. The highest BCUT2D eigenvalue weighted by Crippen LogP contribution is 2.32. The highest BCUT2D eigenvalue weighted by atomic mass is 35.5. The van der Waals surface area contributed by atoms with Crippen molar-refractivity contribution in [3.05, 3.63) is 81.4 Å². The van der Waals surface area contributed by atoms with E-state index in [2.05, 4.69) is 15.3 Å². The van der Waals surface area contributed by atoms with Gasteiger partial charge >= 0.3 is 0 Å². The number of thioether (sulfide) groups is 1. The number of hydrogen-bond donors (Lipinski definition) is 2. The van der Waals surface area contributed by atoms with Gasteiger partial charge in [0.15, 0.2) is 4.34 Å². The number of hydrogen-bond acceptors (Lipinski definition) is 8. The van der Waals surface area contributed by atoms with Crippen LogP contribution in [-0.2, 0) is 4.79 Å². The van der Waals surface area contributed by atoms with Gasteiger partial charge in [-0.25, -0.2) is 4.98 Å². The number of halogens is 1. The number of aromatic nitrogens is 1. The Balaban J connectivity index is 1.39. The van der Waals surface area contributed by atoms with E-state index in [-0.39, 0.29) is 23.1 Å². The first kappa shape index (κ1) is 22.7. The van der Waals surface area contributed by atoms with Crippen molar-refractivity contribution in [1.82, 2.24) is 4.98 Å². The second-order valence-electron chi connectivity index (χ2n) is 6.73. The van der Waals surface area contributed by atoms with Crippen molar-refractivity contribution in [1.29, 1.82) is 0 Å². The molecule has 0 aliphatic carbocycles. The molecule has 0 aliphatic rings. The lowest BCUT2D eigenvalue weighted by atomic mass is 10.2. The molecule has 0 atom stereocenters. The number of phenols is 1. The van der Waals surface area contributed by atoms with Gasteiger partial charge in [0, 0.05) is 34.6 Å². The fraction of sp³-hybridized carbons (Fsp3) is 0.0455. The van der Waals surface area contributed by atoms with Gasteiger partial charge in [-0.1, -0.05) is 23.4 Å². The monoisotopic (exact) mass is 498 g/mol. The third-order valence-electron chi connectivity index (χ3n) is 4.38. The molecule has 4 aromatic rings. The van der Waals surface area contributed by atoms with Crippen LogP contribution in [0, 0.1) is 10.1 Å². The number of phenolic OH excluding ortho intramolecular Hbond substituents is 1. The first-order valence-electron chi connectivity index (χ1n) is 9.48. The molecule has 11 heteroatoms. The molecular formula is C22H15ClN4O4S2. The number of benzene rings is 3. The number of nitro benzene ring substituents is 1. The fourth-order valence-electron chi connectivity index (χ4n) is 2.80. The molecule has 4 rings (SSSR count). The number of aromatic hydroxyl groups is 1. The molecule has 8 nitrogen and oxygen atoms in total. The number of amides is 1. The maximum absolute atomic E-state index is 12.2. The Morgan fingerprint density at radius 1 is 1.21 bits per heavy atom. The van der Waals surface area contributed by atoms with Gasteiger partial charge in [0.1, 0.15) is 5.75 Å². The maximum atomic E-state index is 12.2. The fourth-order valence-corrected chi connectivity index (χ4v) is 4.88. The van der Waals surface area contributed by atoms with Crippen LogP contribution in [0.2, 0.25) is 5.02 Å². The first-order chi connectivity index (χ1) is 15.9. The van der Waals surface area contributed by atoms with Gasteiger partial charge < -0.3 is 10.4 Å². The Bertz CT molecular complexity index is 1370. The van der Waals surface area contributed by atoms with Crippen molar-refractivity contribution in [2.75, 3.05) is 11.1 Å². The largest absolute Gasteiger partial charge is 0.507 e. The average Bonchev–Trinajstić information content (AvgIpc) is 3.21. The average molecular weight is 499 g/mol. The van der Waals surface area contributed by atoms with Gasteiger partial charge in [0.2, 0.25) is 5.91 Å². The number of carbonyl (C=O) groups excluding carboxylic acids is 1. The number of nitrogens with one attached hydrogen (secondary N) is 1. The summed E-state index contributed by atoms with van der Waals surface area (Å²) in [7, 11) is 0. The third kappa shape index (κ3) is 5.86. The summed E-state index contributed by atoms with van der Waals surface area (Å²) in [6.45, 7) is 0. The van der Waals surface area contributed by atoms with Crippen LogP contribution in [0.25, 0.3) is 10.2 Å².